The van der Waals surface area contributed by atoms with E-state index >= 15 is 0 Å². The van der Waals surface area contributed by atoms with Crippen LogP contribution in [0.4, 0.5) is 29.5 Å². The minimum atomic E-state index is -4.50. The molecule has 5 rings (SSSR count). The zero-order valence-corrected chi connectivity index (χ0v) is 20.7. The van der Waals surface area contributed by atoms with Crippen molar-refractivity contribution in [1.29, 1.82) is 0 Å². The van der Waals surface area contributed by atoms with Crippen LogP contribution in [0.25, 0.3) is 11.1 Å². The summed E-state index contributed by atoms with van der Waals surface area (Å²) in [5, 5.41) is 18.9. The summed E-state index contributed by atoms with van der Waals surface area (Å²) in [4.78, 5) is 15.3. The van der Waals surface area contributed by atoms with E-state index in [0.29, 0.717) is 12.7 Å². The summed E-state index contributed by atoms with van der Waals surface area (Å²) >= 11 is 0. The van der Waals surface area contributed by atoms with E-state index < -0.39 is 33.9 Å². The number of benzene rings is 2. The summed E-state index contributed by atoms with van der Waals surface area (Å²) in [5.74, 6) is 0.161. The Kier molecular flexibility index (Phi) is 6.75. The van der Waals surface area contributed by atoms with Gasteiger partial charge in [-0.05, 0) is 59.5 Å². The van der Waals surface area contributed by atoms with Crippen molar-refractivity contribution in [3.63, 3.8) is 0 Å². The first-order chi connectivity index (χ1) is 18.0. The number of alkyl halides is 3. The van der Waals surface area contributed by atoms with Crippen molar-refractivity contribution >= 4 is 27.6 Å². The quantitative estimate of drug-likeness (QED) is 0.387. The number of aliphatic hydroxyl groups excluding tert-OH is 1. The predicted molar refractivity (Wildman–Crippen MR) is 134 cm³/mol. The van der Waals surface area contributed by atoms with Gasteiger partial charge in [-0.3, -0.25) is 0 Å². The van der Waals surface area contributed by atoms with E-state index in [1.54, 1.807) is 18.2 Å². The van der Waals surface area contributed by atoms with E-state index in [1.165, 1.54) is 22.5 Å². The molecule has 0 unspecified atom stereocenters. The molecule has 0 bridgehead atoms. The number of amides is 2. The SMILES string of the molecule is O=C1NCc2cc(-c3ccc(S(=O)(=O)N4CC[C@@H](Nc5ccc(C(F)(F)F)cn5)[C@@H](O)C4)cc3)ccc2N1. The molecule has 1 aromatic heterocycles. The maximum atomic E-state index is 13.2. The fourth-order valence-electron chi connectivity index (χ4n) is 4.48. The number of rotatable bonds is 5. The van der Waals surface area contributed by atoms with Gasteiger partial charge < -0.3 is 21.1 Å². The van der Waals surface area contributed by atoms with Crippen LogP contribution in [0.15, 0.2) is 65.7 Å². The lowest BCUT2D eigenvalue weighted by atomic mass is 10.0. The number of aliphatic hydroxyl groups is 1. The van der Waals surface area contributed by atoms with Crippen molar-refractivity contribution in [2.75, 3.05) is 23.7 Å². The van der Waals surface area contributed by atoms with Crippen LogP contribution >= 0.6 is 0 Å². The molecule has 0 spiro atoms. The Labute approximate surface area is 216 Å². The van der Waals surface area contributed by atoms with E-state index in [-0.39, 0.29) is 36.3 Å². The van der Waals surface area contributed by atoms with Crippen LogP contribution in [0.1, 0.15) is 17.5 Å². The second-order valence-electron chi connectivity index (χ2n) is 9.10. The highest BCUT2D eigenvalue weighted by molar-refractivity contribution is 7.89. The second kappa shape index (κ2) is 9.89. The Hall–Kier alpha value is -3.68. The third-order valence-corrected chi connectivity index (χ3v) is 8.47. The third kappa shape index (κ3) is 5.30. The van der Waals surface area contributed by atoms with Gasteiger partial charge in [0.05, 0.1) is 22.6 Å². The van der Waals surface area contributed by atoms with Crippen molar-refractivity contribution in [1.82, 2.24) is 14.6 Å². The molecule has 38 heavy (non-hydrogen) atoms. The molecule has 9 nitrogen and oxygen atoms in total. The molecule has 0 radical (unpaired) electrons. The maximum Gasteiger partial charge on any atom is 0.417 e. The van der Waals surface area contributed by atoms with E-state index in [2.05, 4.69) is 20.9 Å². The van der Waals surface area contributed by atoms with Crippen LogP contribution < -0.4 is 16.0 Å². The van der Waals surface area contributed by atoms with Crippen molar-refractivity contribution < 1.29 is 31.5 Å². The molecular formula is C25H24F3N5O4S. The summed E-state index contributed by atoms with van der Waals surface area (Å²) in [6.45, 7) is 0.332. The fraction of sp³-hybridized carbons (Fsp3) is 0.280. The smallest absolute Gasteiger partial charge is 0.390 e. The average Bonchev–Trinajstić information content (AvgIpc) is 2.89. The summed E-state index contributed by atoms with van der Waals surface area (Å²) in [6, 6.07) is 13.2. The van der Waals surface area contributed by atoms with Gasteiger partial charge in [0.15, 0.2) is 0 Å². The molecule has 2 amide bonds. The molecule has 2 atom stereocenters. The van der Waals surface area contributed by atoms with Gasteiger partial charge in [-0.2, -0.15) is 17.5 Å². The maximum absolute atomic E-state index is 13.2. The van der Waals surface area contributed by atoms with Crippen LogP contribution in [0, 0.1) is 0 Å². The normalized spacial score (nSPS) is 20.3. The summed E-state index contributed by atoms with van der Waals surface area (Å²) < 4.78 is 65.9. The molecule has 3 heterocycles. The molecule has 3 aromatic rings. The number of piperidine rings is 1. The number of fused-ring (bicyclic) bond motifs is 1. The highest BCUT2D eigenvalue weighted by Crippen LogP contribution is 2.31. The molecule has 2 aromatic carbocycles. The van der Waals surface area contributed by atoms with Gasteiger partial charge in [0, 0.05) is 31.5 Å². The number of sulfonamides is 1. The van der Waals surface area contributed by atoms with Crippen LogP contribution in [-0.4, -0.2) is 54.1 Å². The summed E-state index contributed by atoms with van der Waals surface area (Å²) in [6.07, 6.45) is -4.65. The number of pyridine rings is 1. The number of hydrogen-bond donors (Lipinski definition) is 4. The van der Waals surface area contributed by atoms with Crippen LogP contribution in [-0.2, 0) is 22.7 Å². The molecule has 13 heteroatoms. The van der Waals surface area contributed by atoms with E-state index in [9.17, 15) is 31.5 Å². The van der Waals surface area contributed by atoms with Crippen molar-refractivity contribution in [3.05, 3.63) is 71.9 Å². The molecule has 0 aliphatic carbocycles. The standard InChI is InChI=1S/C25H24F3N5O4S/c26-25(27,28)18-4-8-23(29-13-18)31-21-9-10-33(14-22(21)34)38(36,37)19-5-1-15(2-6-19)16-3-7-20-17(11-16)12-30-24(35)32-20/h1-8,11,13,21-22,34H,9-10,12,14H2,(H,29,31)(H2,30,32,35)/t21-,22+/m1/s1. The highest BCUT2D eigenvalue weighted by Gasteiger charge is 2.35. The van der Waals surface area contributed by atoms with Gasteiger partial charge in [0.2, 0.25) is 10.0 Å². The summed E-state index contributed by atoms with van der Waals surface area (Å²) in [7, 11) is -3.89. The number of nitrogens with zero attached hydrogens (tertiary/aromatic N) is 2. The largest absolute Gasteiger partial charge is 0.417 e. The molecule has 1 saturated heterocycles. The van der Waals surface area contributed by atoms with Crippen LogP contribution in [0.5, 0.6) is 0 Å². The second-order valence-corrected chi connectivity index (χ2v) is 11.0. The van der Waals surface area contributed by atoms with Gasteiger partial charge in [0.25, 0.3) is 0 Å². The first kappa shape index (κ1) is 25.9. The topological polar surface area (TPSA) is 124 Å². The lowest BCUT2D eigenvalue weighted by molar-refractivity contribution is -0.137. The minimum absolute atomic E-state index is 0.0798. The number of aromatic nitrogens is 1. The Balaban J connectivity index is 1.24. The zero-order chi connectivity index (χ0) is 27.1. The summed E-state index contributed by atoms with van der Waals surface area (Å²) in [5.41, 5.74) is 2.42. The number of halogens is 3. The molecule has 0 saturated carbocycles. The Morgan fingerprint density at radius 2 is 1.79 bits per heavy atom. The van der Waals surface area contributed by atoms with E-state index in [0.717, 1.165) is 28.4 Å². The molecule has 2 aliphatic heterocycles. The van der Waals surface area contributed by atoms with Gasteiger partial charge in [-0.15, -0.1) is 0 Å². The monoisotopic (exact) mass is 547 g/mol. The average molecular weight is 548 g/mol. The van der Waals surface area contributed by atoms with Gasteiger partial charge in [-0.25, -0.2) is 18.2 Å². The van der Waals surface area contributed by atoms with Crippen LogP contribution in [0.2, 0.25) is 0 Å². The van der Waals surface area contributed by atoms with E-state index in [4.69, 9.17) is 0 Å². The number of anilines is 2. The first-order valence-electron chi connectivity index (χ1n) is 11.8. The Morgan fingerprint density at radius 3 is 2.45 bits per heavy atom. The minimum Gasteiger partial charge on any atom is -0.390 e. The molecule has 2 aliphatic rings. The number of carbonyl (C=O) groups is 1. The number of nitrogens with one attached hydrogen (secondary N) is 3. The number of β-amino-alcohol motifs (C(OH)–C–C–N with tert-alkyl or cyclic N) is 1. The van der Waals surface area contributed by atoms with Gasteiger partial charge >= 0.3 is 12.2 Å². The van der Waals surface area contributed by atoms with Crippen molar-refractivity contribution in [3.8, 4) is 11.1 Å². The molecule has 200 valence electrons. The first-order valence-corrected chi connectivity index (χ1v) is 13.2. The highest BCUT2D eigenvalue weighted by atomic mass is 32.2. The van der Waals surface area contributed by atoms with Crippen molar-refractivity contribution in [2.45, 2.75) is 36.2 Å². The Bertz CT molecular complexity index is 1450. The van der Waals surface area contributed by atoms with Crippen LogP contribution in [0.3, 0.4) is 0 Å². The fourth-order valence-corrected chi connectivity index (χ4v) is 5.95. The lowest BCUT2D eigenvalue weighted by Crippen LogP contribution is -2.51. The lowest BCUT2D eigenvalue weighted by Gasteiger charge is -2.35. The molecule has 4 N–H and O–H groups in total. The van der Waals surface area contributed by atoms with Gasteiger partial charge in [-0.1, -0.05) is 18.2 Å². The predicted octanol–water partition coefficient (Wildman–Crippen LogP) is 3.64. The molecule has 1 fully saturated rings. The van der Waals surface area contributed by atoms with E-state index in [1.807, 2.05) is 12.1 Å². The number of hydrogen-bond acceptors (Lipinski definition) is 6. The molecular weight excluding hydrogens is 523 g/mol. The third-order valence-electron chi connectivity index (χ3n) is 6.59. The number of carbonyl (C=O) groups excluding carboxylic acids is 1. The van der Waals surface area contributed by atoms with Gasteiger partial charge in [0.1, 0.15) is 5.82 Å². The zero-order valence-electron chi connectivity index (χ0n) is 19.9. The number of urea groups is 1. The Morgan fingerprint density at radius 1 is 1.05 bits per heavy atom. The van der Waals surface area contributed by atoms with Crippen molar-refractivity contribution in [2.24, 2.45) is 0 Å².